The van der Waals surface area contributed by atoms with Gasteiger partial charge in [0.2, 0.25) is 0 Å². The van der Waals surface area contributed by atoms with Gasteiger partial charge < -0.3 is 5.11 Å². The summed E-state index contributed by atoms with van der Waals surface area (Å²) < 4.78 is 13.3. The third-order valence-corrected chi connectivity index (χ3v) is 3.19. The minimum absolute atomic E-state index is 0.0543. The predicted molar refractivity (Wildman–Crippen MR) is 74.1 cm³/mol. The zero-order chi connectivity index (χ0) is 14.1. The Bertz CT molecular complexity index is 809. The molecule has 20 heavy (non-hydrogen) atoms. The maximum absolute atomic E-state index is 13.3. The number of hydrogen-bond acceptors (Lipinski definition) is 2. The monoisotopic (exact) mass is 267 g/mol. The van der Waals surface area contributed by atoms with Gasteiger partial charge in [-0.25, -0.2) is 9.18 Å². The van der Waals surface area contributed by atoms with Crippen LogP contribution in [0.4, 0.5) is 4.39 Å². The Labute approximate surface area is 114 Å². The zero-order valence-electron chi connectivity index (χ0n) is 10.4. The van der Waals surface area contributed by atoms with Crippen LogP contribution in [-0.4, -0.2) is 16.1 Å². The Morgan fingerprint density at radius 2 is 1.95 bits per heavy atom. The van der Waals surface area contributed by atoms with Crippen molar-refractivity contribution < 1.29 is 14.3 Å². The van der Waals surface area contributed by atoms with Gasteiger partial charge in [-0.2, -0.15) is 0 Å². The largest absolute Gasteiger partial charge is 0.478 e. The van der Waals surface area contributed by atoms with Crippen molar-refractivity contribution in [1.82, 2.24) is 4.98 Å². The number of rotatable bonds is 2. The second-order valence-corrected chi connectivity index (χ2v) is 4.40. The van der Waals surface area contributed by atoms with E-state index in [0.29, 0.717) is 5.56 Å². The number of benzene rings is 2. The summed E-state index contributed by atoms with van der Waals surface area (Å²) in [5.41, 5.74) is 1.16. The first-order valence-electron chi connectivity index (χ1n) is 6.03. The molecule has 0 unspecified atom stereocenters. The molecule has 3 aromatic rings. The molecule has 0 bridgehead atoms. The summed E-state index contributed by atoms with van der Waals surface area (Å²) >= 11 is 0. The van der Waals surface area contributed by atoms with E-state index in [0.717, 1.165) is 22.4 Å². The molecular weight excluding hydrogens is 257 g/mol. The van der Waals surface area contributed by atoms with Gasteiger partial charge in [0.05, 0.1) is 5.56 Å². The van der Waals surface area contributed by atoms with Gasteiger partial charge in [-0.1, -0.05) is 24.3 Å². The molecular formula is C16H10FNO2. The van der Waals surface area contributed by atoms with Crippen LogP contribution in [0.1, 0.15) is 10.4 Å². The highest BCUT2D eigenvalue weighted by Gasteiger charge is 2.14. The van der Waals surface area contributed by atoms with Crippen LogP contribution in [-0.2, 0) is 0 Å². The highest BCUT2D eigenvalue weighted by atomic mass is 19.1. The second kappa shape index (κ2) is 4.74. The van der Waals surface area contributed by atoms with Crippen molar-refractivity contribution in [2.24, 2.45) is 0 Å². The van der Waals surface area contributed by atoms with E-state index in [9.17, 15) is 14.3 Å². The lowest BCUT2D eigenvalue weighted by molar-refractivity contribution is 0.0697. The fourth-order valence-corrected chi connectivity index (χ4v) is 2.28. The fourth-order valence-electron chi connectivity index (χ4n) is 2.28. The van der Waals surface area contributed by atoms with Gasteiger partial charge in [0.1, 0.15) is 5.82 Å². The number of nitrogens with zero attached hydrogens (tertiary/aromatic N) is 1. The third-order valence-electron chi connectivity index (χ3n) is 3.19. The molecule has 4 heteroatoms. The Balaban J connectivity index is 2.34. The molecule has 98 valence electrons. The number of carboxylic acid groups (broad SMARTS) is 1. The average Bonchev–Trinajstić information content (AvgIpc) is 2.46. The Kier molecular flexibility index (Phi) is 2.91. The van der Waals surface area contributed by atoms with Gasteiger partial charge in [-0.3, -0.25) is 4.98 Å². The third kappa shape index (κ3) is 2.01. The van der Waals surface area contributed by atoms with Crippen LogP contribution < -0.4 is 0 Å². The van der Waals surface area contributed by atoms with Gasteiger partial charge >= 0.3 is 5.97 Å². The number of aromatic carboxylic acids is 1. The van der Waals surface area contributed by atoms with Crippen molar-refractivity contribution in [3.05, 3.63) is 66.2 Å². The molecule has 0 saturated carbocycles. The van der Waals surface area contributed by atoms with Crippen molar-refractivity contribution in [1.29, 1.82) is 0 Å². The topological polar surface area (TPSA) is 50.2 Å². The van der Waals surface area contributed by atoms with Gasteiger partial charge in [0, 0.05) is 17.8 Å². The predicted octanol–water partition coefficient (Wildman–Crippen LogP) is 3.74. The van der Waals surface area contributed by atoms with Gasteiger partial charge in [0.25, 0.3) is 0 Å². The Morgan fingerprint density at radius 3 is 2.75 bits per heavy atom. The highest BCUT2D eigenvalue weighted by molar-refractivity contribution is 6.03. The lowest BCUT2D eigenvalue weighted by Gasteiger charge is -2.09. The summed E-state index contributed by atoms with van der Waals surface area (Å²) in [5, 5.41) is 11.0. The summed E-state index contributed by atoms with van der Waals surface area (Å²) in [5.74, 6) is -1.72. The number of pyridine rings is 1. The van der Waals surface area contributed by atoms with E-state index in [1.807, 2.05) is 24.3 Å². The number of fused-ring (bicyclic) bond motifs is 1. The lowest BCUT2D eigenvalue weighted by Crippen LogP contribution is -2.00. The summed E-state index contributed by atoms with van der Waals surface area (Å²) in [6.45, 7) is 0. The van der Waals surface area contributed by atoms with Crippen LogP contribution in [0.15, 0.2) is 54.9 Å². The average molecular weight is 267 g/mol. The van der Waals surface area contributed by atoms with Gasteiger partial charge in [-0.15, -0.1) is 0 Å². The van der Waals surface area contributed by atoms with E-state index >= 15 is 0 Å². The standard InChI is InChI=1S/C16H10FNO2/c17-11-4-5-13(14(8-11)16(19)20)12-3-1-2-10-6-7-18-9-15(10)12/h1-9H,(H,19,20). The first kappa shape index (κ1) is 12.3. The molecule has 0 atom stereocenters. The molecule has 2 aromatic carbocycles. The molecule has 0 amide bonds. The smallest absolute Gasteiger partial charge is 0.336 e. The molecule has 0 radical (unpaired) electrons. The molecule has 0 aliphatic carbocycles. The second-order valence-electron chi connectivity index (χ2n) is 4.40. The molecule has 1 aromatic heterocycles. The van der Waals surface area contributed by atoms with E-state index < -0.39 is 11.8 Å². The van der Waals surface area contributed by atoms with Crippen LogP contribution in [0, 0.1) is 5.82 Å². The maximum Gasteiger partial charge on any atom is 0.336 e. The molecule has 3 nitrogen and oxygen atoms in total. The van der Waals surface area contributed by atoms with Crippen LogP contribution in [0.3, 0.4) is 0 Å². The van der Waals surface area contributed by atoms with Crippen LogP contribution in [0.25, 0.3) is 21.9 Å². The van der Waals surface area contributed by atoms with Crippen LogP contribution in [0.2, 0.25) is 0 Å². The zero-order valence-corrected chi connectivity index (χ0v) is 10.4. The quantitative estimate of drug-likeness (QED) is 0.769. The number of hydrogen-bond donors (Lipinski definition) is 1. The number of carboxylic acids is 1. The van der Waals surface area contributed by atoms with Crippen LogP contribution >= 0.6 is 0 Å². The van der Waals surface area contributed by atoms with Crippen molar-refractivity contribution in [3.63, 3.8) is 0 Å². The molecule has 1 N–H and O–H groups in total. The van der Waals surface area contributed by atoms with E-state index in [-0.39, 0.29) is 5.56 Å². The van der Waals surface area contributed by atoms with Crippen LogP contribution in [0.5, 0.6) is 0 Å². The van der Waals surface area contributed by atoms with Crippen molar-refractivity contribution in [2.45, 2.75) is 0 Å². The molecule has 0 saturated heterocycles. The van der Waals surface area contributed by atoms with E-state index in [2.05, 4.69) is 4.98 Å². The van der Waals surface area contributed by atoms with E-state index in [1.54, 1.807) is 12.4 Å². The Morgan fingerprint density at radius 1 is 1.10 bits per heavy atom. The van der Waals surface area contributed by atoms with E-state index in [1.165, 1.54) is 12.1 Å². The molecule has 3 rings (SSSR count). The SMILES string of the molecule is O=C(O)c1cc(F)ccc1-c1cccc2ccncc12. The number of aromatic nitrogens is 1. The van der Waals surface area contributed by atoms with Gasteiger partial charge in [-0.05, 0) is 34.7 Å². The summed E-state index contributed by atoms with van der Waals surface area (Å²) in [4.78, 5) is 15.4. The maximum atomic E-state index is 13.3. The minimum Gasteiger partial charge on any atom is -0.478 e. The highest BCUT2D eigenvalue weighted by Crippen LogP contribution is 2.31. The molecule has 0 aliphatic rings. The number of halogens is 1. The molecule has 0 aliphatic heterocycles. The Hall–Kier alpha value is -2.75. The molecule has 0 spiro atoms. The van der Waals surface area contributed by atoms with E-state index in [4.69, 9.17) is 0 Å². The summed E-state index contributed by atoms with van der Waals surface area (Å²) in [6.07, 6.45) is 3.36. The summed E-state index contributed by atoms with van der Waals surface area (Å²) in [6, 6.07) is 11.2. The van der Waals surface area contributed by atoms with Crippen molar-refractivity contribution in [3.8, 4) is 11.1 Å². The summed E-state index contributed by atoms with van der Waals surface area (Å²) in [7, 11) is 0. The minimum atomic E-state index is -1.15. The van der Waals surface area contributed by atoms with Gasteiger partial charge in [0.15, 0.2) is 0 Å². The van der Waals surface area contributed by atoms with Crippen molar-refractivity contribution >= 4 is 16.7 Å². The molecule has 1 heterocycles. The first-order chi connectivity index (χ1) is 9.66. The fraction of sp³-hybridized carbons (Fsp3) is 0. The first-order valence-corrected chi connectivity index (χ1v) is 6.03. The van der Waals surface area contributed by atoms with Crippen molar-refractivity contribution in [2.75, 3.05) is 0 Å². The number of carbonyl (C=O) groups is 1. The normalized spacial score (nSPS) is 10.7. The molecule has 0 fully saturated rings. The lowest BCUT2D eigenvalue weighted by atomic mass is 9.95.